The van der Waals surface area contributed by atoms with Gasteiger partial charge in [-0.3, -0.25) is 4.79 Å². The topological polar surface area (TPSA) is 55.0 Å². The highest BCUT2D eigenvalue weighted by atomic mass is 35.5. The van der Waals surface area contributed by atoms with Gasteiger partial charge in [-0.05, 0) is 38.5 Å². The van der Waals surface area contributed by atoms with Crippen molar-refractivity contribution in [3.8, 4) is 5.75 Å². The van der Waals surface area contributed by atoms with E-state index in [-0.39, 0.29) is 5.56 Å². The summed E-state index contributed by atoms with van der Waals surface area (Å²) in [4.78, 5) is 21.4. The predicted molar refractivity (Wildman–Crippen MR) is 95.2 cm³/mol. The van der Waals surface area contributed by atoms with Crippen molar-refractivity contribution < 1.29 is 4.74 Å². The highest BCUT2D eigenvalue weighted by molar-refractivity contribution is 7.18. The summed E-state index contributed by atoms with van der Waals surface area (Å²) in [7, 11) is 0. The lowest BCUT2D eigenvalue weighted by molar-refractivity contribution is 0.217. The summed E-state index contributed by atoms with van der Waals surface area (Å²) in [6.45, 7) is 5.71. The number of aromatic nitrogens is 2. The molecule has 0 saturated heterocycles. The number of aromatic amines is 1. The summed E-state index contributed by atoms with van der Waals surface area (Å²) < 4.78 is 5.81. The second-order valence-electron chi connectivity index (χ2n) is 5.25. The minimum Gasteiger partial charge on any atom is -0.481 e. The van der Waals surface area contributed by atoms with E-state index < -0.39 is 6.10 Å². The maximum atomic E-state index is 12.3. The Hall–Kier alpha value is -1.56. The van der Waals surface area contributed by atoms with Crippen molar-refractivity contribution in [2.75, 3.05) is 0 Å². The first-order valence-electron chi connectivity index (χ1n) is 6.98. The molecule has 3 aromatic rings. The molecule has 0 aliphatic heterocycles. The largest absolute Gasteiger partial charge is 0.481 e. The van der Waals surface area contributed by atoms with Gasteiger partial charge in [0.05, 0.1) is 10.4 Å². The molecule has 0 fully saturated rings. The summed E-state index contributed by atoms with van der Waals surface area (Å²) in [5.74, 6) is 0.910. The van der Waals surface area contributed by atoms with Gasteiger partial charge in [-0.1, -0.05) is 23.2 Å². The fraction of sp³-hybridized carbons (Fsp3) is 0.250. The lowest BCUT2D eigenvalue weighted by Crippen LogP contribution is -2.16. The molecule has 4 nitrogen and oxygen atoms in total. The van der Waals surface area contributed by atoms with Gasteiger partial charge in [0, 0.05) is 16.0 Å². The maximum absolute atomic E-state index is 12.3. The predicted octanol–water partition coefficient (Wildman–Crippen LogP) is 5.05. The first-order valence-corrected chi connectivity index (χ1v) is 8.55. The number of hydrogen-bond donors (Lipinski definition) is 1. The zero-order valence-corrected chi connectivity index (χ0v) is 15.1. The molecule has 0 spiro atoms. The van der Waals surface area contributed by atoms with Gasteiger partial charge in [-0.25, -0.2) is 4.98 Å². The molecule has 0 bridgehead atoms. The molecule has 2 aromatic heterocycles. The molecule has 23 heavy (non-hydrogen) atoms. The molecule has 2 heterocycles. The molecule has 7 heteroatoms. The second kappa shape index (κ2) is 6.15. The molecule has 1 unspecified atom stereocenters. The lowest BCUT2D eigenvalue weighted by Gasteiger charge is -2.15. The van der Waals surface area contributed by atoms with E-state index in [0.717, 1.165) is 10.4 Å². The normalized spacial score (nSPS) is 12.6. The Morgan fingerprint density at radius 3 is 2.78 bits per heavy atom. The molecule has 0 radical (unpaired) electrons. The van der Waals surface area contributed by atoms with E-state index in [4.69, 9.17) is 27.9 Å². The van der Waals surface area contributed by atoms with Crippen molar-refractivity contribution in [1.29, 1.82) is 0 Å². The molecule has 0 aliphatic carbocycles. The smallest absolute Gasteiger partial charge is 0.260 e. The molecule has 1 aromatic carbocycles. The van der Waals surface area contributed by atoms with E-state index >= 15 is 0 Å². The quantitative estimate of drug-likeness (QED) is 0.703. The molecule has 0 saturated carbocycles. The second-order valence-corrected chi connectivity index (χ2v) is 7.30. The summed E-state index contributed by atoms with van der Waals surface area (Å²) in [6.07, 6.45) is -0.467. The zero-order valence-electron chi connectivity index (χ0n) is 12.7. The molecule has 0 aliphatic rings. The van der Waals surface area contributed by atoms with Crippen LogP contribution in [0, 0.1) is 13.8 Å². The van der Waals surface area contributed by atoms with Gasteiger partial charge >= 0.3 is 0 Å². The minimum atomic E-state index is -0.467. The third-order valence-corrected chi connectivity index (χ3v) is 5.29. The fourth-order valence-electron chi connectivity index (χ4n) is 2.28. The van der Waals surface area contributed by atoms with Gasteiger partial charge < -0.3 is 9.72 Å². The van der Waals surface area contributed by atoms with Crippen LogP contribution >= 0.6 is 34.5 Å². The number of H-pyrrole nitrogens is 1. The van der Waals surface area contributed by atoms with E-state index in [2.05, 4.69) is 9.97 Å². The Morgan fingerprint density at radius 2 is 2.04 bits per heavy atom. The number of hydrogen-bond acceptors (Lipinski definition) is 4. The summed E-state index contributed by atoms with van der Waals surface area (Å²) in [5, 5.41) is 1.62. The Morgan fingerprint density at radius 1 is 1.30 bits per heavy atom. The fourth-order valence-corrected chi connectivity index (χ4v) is 3.64. The van der Waals surface area contributed by atoms with Gasteiger partial charge in [0.1, 0.15) is 10.6 Å². The molecule has 0 amide bonds. The Labute approximate surface area is 147 Å². The minimum absolute atomic E-state index is 0.153. The first kappa shape index (κ1) is 16.3. The van der Waals surface area contributed by atoms with E-state index in [1.165, 1.54) is 11.3 Å². The van der Waals surface area contributed by atoms with Crippen molar-refractivity contribution in [2.45, 2.75) is 26.9 Å². The molecular weight excluding hydrogens is 355 g/mol. The third kappa shape index (κ3) is 3.09. The van der Waals surface area contributed by atoms with E-state index in [1.54, 1.807) is 25.1 Å². The maximum Gasteiger partial charge on any atom is 0.260 e. The van der Waals surface area contributed by atoms with Crippen LogP contribution in [-0.2, 0) is 0 Å². The van der Waals surface area contributed by atoms with Crippen molar-refractivity contribution in [3.63, 3.8) is 0 Å². The van der Waals surface area contributed by atoms with Crippen LogP contribution in [0.4, 0.5) is 0 Å². The average Bonchev–Trinajstić information content (AvgIpc) is 2.78. The number of thiophene rings is 1. The van der Waals surface area contributed by atoms with Crippen LogP contribution in [-0.4, -0.2) is 9.97 Å². The van der Waals surface area contributed by atoms with Gasteiger partial charge in [0.15, 0.2) is 11.9 Å². The number of nitrogens with zero attached hydrogens (tertiary/aromatic N) is 1. The van der Waals surface area contributed by atoms with Gasteiger partial charge in [-0.15, -0.1) is 11.3 Å². The van der Waals surface area contributed by atoms with Gasteiger partial charge in [-0.2, -0.15) is 0 Å². The van der Waals surface area contributed by atoms with Crippen molar-refractivity contribution in [2.24, 2.45) is 0 Å². The standard InChI is InChI=1S/C16H14Cl2N2O2S/c1-7-9(3)23-16-13(7)15(21)19-14(20-16)8(2)22-12-6-10(17)4-5-11(12)18/h4-6,8H,1-3H3,(H,19,20,21). The van der Waals surface area contributed by atoms with E-state index in [9.17, 15) is 4.79 Å². The van der Waals surface area contributed by atoms with Crippen molar-refractivity contribution >= 4 is 44.8 Å². The number of aryl methyl sites for hydroxylation is 2. The number of benzene rings is 1. The zero-order chi connectivity index (χ0) is 16.7. The van der Waals surface area contributed by atoms with Crippen LogP contribution in [0.25, 0.3) is 10.2 Å². The number of fused-ring (bicyclic) bond motifs is 1. The number of halogens is 2. The molecule has 120 valence electrons. The molecular formula is C16H14Cl2N2O2S. The van der Waals surface area contributed by atoms with Crippen LogP contribution in [0.15, 0.2) is 23.0 Å². The number of nitrogens with one attached hydrogen (secondary N) is 1. The Kier molecular flexibility index (Phi) is 4.36. The molecule has 3 rings (SSSR count). The number of rotatable bonds is 3. The van der Waals surface area contributed by atoms with Gasteiger partial charge in [0.2, 0.25) is 0 Å². The van der Waals surface area contributed by atoms with Crippen LogP contribution < -0.4 is 10.3 Å². The van der Waals surface area contributed by atoms with Crippen LogP contribution in [0.3, 0.4) is 0 Å². The van der Waals surface area contributed by atoms with Crippen LogP contribution in [0.2, 0.25) is 10.0 Å². The Balaban J connectivity index is 1.99. The summed E-state index contributed by atoms with van der Waals surface area (Å²) in [5.41, 5.74) is 0.816. The van der Waals surface area contributed by atoms with Crippen LogP contribution in [0.1, 0.15) is 29.3 Å². The summed E-state index contributed by atoms with van der Waals surface area (Å²) >= 11 is 13.6. The highest BCUT2D eigenvalue weighted by Crippen LogP contribution is 2.32. The van der Waals surface area contributed by atoms with Crippen molar-refractivity contribution in [3.05, 3.63) is 54.9 Å². The SMILES string of the molecule is Cc1sc2nc(C(C)Oc3cc(Cl)ccc3Cl)[nH]c(=O)c2c1C. The average molecular weight is 369 g/mol. The third-order valence-electron chi connectivity index (χ3n) is 3.64. The molecule has 1 atom stereocenters. The summed E-state index contributed by atoms with van der Waals surface area (Å²) in [6, 6.07) is 4.98. The van der Waals surface area contributed by atoms with Crippen molar-refractivity contribution in [1.82, 2.24) is 9.97 Å². The first-order chi connectivity index (χ1) is 10.9. The Bertz CT molecular complexity index is 949. The lowest BCUT2D eigenvalue weighted by atomic mass is 10.2. The highest BCUT2D eigenvalue weighted by Gasteiger charge is 2.17. The monoisotopic (exact) mass is 368 g/mol. The van der Waals surface area contributed by atoms with E-state index in [0.29, 0.717) is 31.8 Å². The van der Waals surface area contributed by atoms with E-state index in [1.807, 2.05) is 13.8 Å². The number of ether oxygens (including phenoxy) is 1. The van der Waals surface area contributed by atoms with Crippen LogP contribution in [0.5, 0.6) is 5.75 Å². The van der Waals surface area contributed by atoms with Gasteiger partial charge in [0.25, 0.3) is 5.56 Å². The molecule has 1 N–H and O–H groups in total.